The van der Waals surface area contributed by atoms with Gasteiger partial charge in [-0.15, -0.1) is 0 Å². The number of pyridine rings is 1. The molecular formula is C14H15BrN2O. The third-order valence-electron chi connectivity index (χ3n) is 2.74. The molecule has 0 atom stereocenters. The lowest BCUT2D eigenvalue weighted by Gasteiger charge is -2.11. The van der Waals surface area contributed by atoms with Gasteiger partial charge in [0.15, 0.2) is 0 Å². The number of rotatable bonds is 3. The minimum atomic E-state index is 0.223. The van der Waals surface area contributed by atoms with Crippen LogP contribution in [0.3, 0.4) is 0 Å². The maximum absolute atomic E-state index is 9.73. The van der Waals surface area contributed by atoms with Crippen LogP contribution in [-0.4, -0.2) is 10.1 Å². The van der Waals surface area contributed by atoms with E-state index in [0.717, 1.165) is 21.4 Å². The summed E-state index contributed by atoms with van der Waals surface area (Å²) in [6, 6.07) is 9.53. The van der Waals surface area contributed by atoms with E-state index < -0.39 is 0 Å². The number of nitrogens with one attached hydrogen (secondary N) is 1. The smallest absolute Gasteiger partial charge is 0.138 e. The van der Waals surface area contributed by atoms with Crippen molar-refractivity contribution < 1.29 is 5.11 Å². The summed E-state index contributed by atoms with van der Waals surface area (Å²) in [5.74, 6) is 0.223. The minimum Gasteiger partial charge on any atom is -0.506 e. The highest BCUT2D eigenvalue weighted by molar-refractivity contribution is 9.10. The van der Waals surface area contributed by atoms with Crippen LogP contribution in [0.4, 0.5) is 5.69 Å². The SMILES string of the molecule is Cc1ccc(O)c(CNc2cc(Br)ccc2C)n1. The second-order valence-corrected chi connectivity index (χ2v) is 5.15. The number of halogens is 1. The molecule has 18 heavy (non-hydrogen) atoms. The van der Waals surface area contributed by atoms with Crippen molar-refractivity contribution in [2.45, 2.75) is 20.4 Å². The second-order valence-electron chi connectivity index (χ2n) is 4.23. The Labute approximate surface area is 115 Å². The molecule has 0 aliphatic heterocycles. The van der Waals surface area contributed by atoms with Gasteiger partial charge in [-0.25, -0.2) is 0 Å². The van der Waals surface area contributed by atoms with E-state index in [2.05, 4.69) is 26.2 Å². The Morgan fingerprint density at radius 2 is 2.00 bits per heavy atom. The van der Waals surface area contributed by atoms with Gasteiger partial charge in [0.1, 0.15) is 11.4 Å². The molecule has 0 aliphatic carbocycles. The zero-order chi connectivity index (χ0) is 13.1. The van der Waals surface area contributed by atoms with E-state index in [4.69, 9.17) is 0 Å². The van der Waals surface area contributed by atoms with Crippen molar-refractivity contribution in [2.75, 3.05) is 5.32 Å². The molecule has 2 N–H and O–H groups in total. The van der Waals surface area contributed by atoms with Crippen LogP contribution in [0.25, 0.3) is 0 Å². The van der Waals surface area contributed by atoms with E-state index in [0.29, 0.717) is 12.2 Å². The number of anilines is 1. The molecule has 94 valence electrons. The molecule has 1 aromatic carbocycles. The third kappa shape index (κ3) is 3.01. The molecule has 0 fully saturated rings. The van der Waals surface area contributed by atoms with Gasteiger partial charge in [-0.2, -0.15) is 0 Å². The van der Waals surface area contributed by atoms with Crippen LogP contribution >= 0.6 is 15.9 Å². The zero-order valence-corrected chi connectivity index (χ0v) is 12.0. The molecule has 0 radical (unpaired) electrons. The largest absolute Gasteiger partial charge is 0.506 e. The molecule has 0 saturated carbocycles. The second kappa shape index (κ2) is 5.40. The topological polar surface area (TPSA) is 45.1 Å². The third-order valence-corrected chi connectivity index (χ3v) is 3.23. The van der Waals surface area contributed by atoms with Crippen LogP contribution in [-0.2, 0) is 6.54 Å². The first kappa shape index (κ1) is 12.9. The standard InChI is InChI=1S/C14H15BrN2O/c1-9-3-5-11(15)7-12(9)16-8-13-14(18)6-4-10(2)17-13/h3-7,16,18H,8H2,1-2H3. The number of hydrogen-bond donors (Lipinski definition) is 2. The average molecular weight is 307 g/mol. The van der Waals surface area contributed by atoms with Gasteiger partial charge in [0.2, 0.25) is 0 Å². The molecule has 2 aromatic rings. The minimum absolute atomic E-state index is 0.223. The summed E-state index contributed by atoms with van der Waals surface area (Å²) >= 11 is 3.44. The number of aromatic hydroxyl groups is 1. The molecule has 0 amide bonds. The summed E-state index contributed by atoms with van der Waals surface area (Å²) in [5.41, 5.74) is 3.75. The molecule has 2 rings (SSSR count). The maximum atomic E-state index is 9.73. The summed E-state index contributed by atoms with van der Waals surface area (Å²) in [5, 5.41) is 13.0. The van der Waals surface area contributed by atoms with Crippen molar-refractivity contribution in [3.63, 3.8) is 0 Å². The van der Waals surface area contributed by atoms with E-state index in [1.54, 1.807) is 12.1 Å². The fourth-order valence-electron chi connectivity index (χ4n) is 1.70. The lowest BCUT2D eigenvalue weighted by atomic mass is 10.2. The van der Waals surface area contributed by atoms with Gasteiger partial charge in [0.25, 0.3) is 0 Å². The predicted octanol–water partition coefficient (Wildman–Crippen LogP) is 3.78. The highest BCUT2D eigenvalue weighted by Crippen LogP contribution is 2.22. The van der Waals surface area contributed by atoms with Gasteiger partial charge in [0, 0.05) is 15.9 Å². The maximum Gasteiger partial charge on any atom is 0.138 e. The first-order chi connectivity index (χ1) is 8.56. The van der Waals surface area contributed by atoms with Crippen molar-refractivity contribution in [1.29, 1.82) is 0 Å². The predicted molar refractivity (Wildman–Crippen MR) is 76.8 cm³/mol. The molecule has 3 nitrogen and oxygen atoms in total. The highest BCUT2D eigenvalue weighted by atomic mass is 79.9. The van der Waals surface area contributed by atoms with E-state index in [-0.39, 0.29) is 5.75 Å². The van der Waals surface area contributed by atoms with Gasteiger partial charge in [-0.3, -0.25) is 4.98 Å². The first-order valence-corrected chi connectivity index (χ1v) is 6.51. The quantitative estimate of drug-likeness (QED) is 0.907. The average Bonchev–Trinajstić information content (AvgIpc) is 2.34. The first-order valence-electron chi connectivity index (χ1n) is 5.72. The lowest BCUT2D eigenvalue weighted by Crippen LogP contribution is -2.04. The molecule has 1 aromatic heterocycles. The summed E-state index contributed by atoms with van der Waals surface area (Å²) < 4.78 is 1.03. The number of aryl methyl sites for hydroxylation is 2. The van der Waals surface area contributed by atoms with E-state index >= 15 is 0 Å². The Morgan fingerprint density at radius 3 is 2.78 bits per heavy atom. The number of nitrogens with zero attached hydrogens (tertiary/aromatic N) is 1. The van der Waals surface area contributed by atoms with Gasteiger partial charge >= 0.3 is 0 Å². The fraction of sp³-hybridized carbons (Fsp3) is 0.214. The molecule has 0 aliphatic rings. The van der Waals surface area contributed by atoms with Crippen molar-refractivity contribution in [3.8, 4) is 5.75 Å². The monoisotopic (exact) mass is 306 g/mol. The van der Waals surface area contributed by atoms with Gasteiger partial charge in [-0.1, -0.05) is 22.0 Å². The van der Waals surface area contributed by atoms with Crippen molar-refractivity contribution in [1.82, 2.24) is 4.98 Å². The van der Waals surface area contributed by atoms with Crippen LogP contribution < -0.4 is 5.32 Å². The summed E-state index contributed by atoms with van der Waals surface area (Å²) in [4.78, 5) is 4.32. The molecule has 0 unspecified atom stereocenters. The van der Waals surface area contributed by atoms with Gasteiger partial charge in [-0.05, 0) is 43.7 Å². The zero-order valence-electron chi connectivity index (χ0n) is 10.4. The van der Waals surface area contributed by atoms with Crippen LogP contribution in [0.5, 0.6) is 5.75 Å². The number of benzene rings is 1. The van der Waals surface area contributed by atoms with Crippen LogP contribution in [0.15, 0.2) is 34.8 Å². The number of aromatic nitrogens is 1. The fourth-order valence-corrected chi connectivity index (χ4v) is 2.06. The van der Waals surface area contributed by atoms with Crippen molar-refractivity contribution >= 4 is 21.6 Å². The van der Waals surface area contributed by atoms with Crippen LogP contribution in [0.1, 0.15) is 17.0 Å². The molecule has 1 heterocycles. The molecular weight excluding hydrogens is 292 g/mol. The Kier molecular flexibility index (Phi) is 3.87. The van der Waals surface area contributed by atoms with Gasteiger partial charge in [0.05, 0.1) is 6.54 Å². The molecule has 0 saturated heterocycles. The van der Waals surface area contributed by atoms with Gasteiger partial charge < -0.3 is 10.4 Å². The molecule has 4 heteroatoms. The molecule has 0 spiro atoms. The summed E-state index contributed by atoms with van der Waals surface area (Å²) in [7, 11) is 0. The summed E-state index contributed by atoms with van der Waals surface area (Å²) in [6.07, 6.45) is 0. The van der Waals surface area contributed by atoms with Crippen LogP contribution in [0, 0.1) is 13.8 Å². The van der Waals surface area contributed by atoms with E-state index in [1.165, 1.54) is 0 Å². The Bertz CT molecular complexity index is 518. The molecule has 0 bridgehead atoms. The number of hydrogen-bond acceptors (Lipinski definition) is 3. The van der Waals surface area contributed by atoms with Crippen molar-refractivity contribution in [3.05, 3.63) is 51.8 Å². The Hall–Kier alpha value is -1.55. The van der Waals surface area contributed by atoms with E-state index in [1.807, 2.05) is 32.0 Å². The Morgan fingerprint density at radius 1 is 1.22 bits per heavy atom. The normalized spacial score (nSPS) is 10.4. The highest BCUT2D eigenvalue weighted by Gasteiger charge is 2.04. The lowest BCUT2D eigenvalue weighted by molar-refractivity contribution is 0.464. The summed E-state index contributed by atoms with van der Waals surface area (Å²) in [6.45, 7) is 4.45. The van der Waals surface area contributed by atoms with Crippen LogP contribution in [0.2, 0.25) is 0 Å². The van der Waals surface area contributed by atoms with E-state index in [9.17, 15) is 5.11 Å². The van der Waals surface area contributed by atoms with Crippen molar-refractivity contribution in [2.24, 2.45) is 0 Å². The Balaban J connectivity index is 2.16.